The Bertz CT molecular complexity index is 1490. The third-order valence-corrected chi connectivity index (χ3v) is 6.73. The third kappa shape index (κ3) is 4.85. The number of hydrogen-bond acceptors (Lipinski definition) is 8. The lowest BCUT2D eigenvalue weighted by Crippen LogP contribution is -2.24. The Morgan fingerprint density at radius 2 is 1.66 bits per heavy atom. The minimum atomic E-state index is -0.710. The van der Waals surface area contributed by atoms with Gasteiger partial charge in [0.1, 0.15) is 21.6 Å². The summed E-state index contributed by atoms with van der Waals surface area (Å²) in [6.45, 7) is 2.11. The van der Waals surface area contributed by atoms with Crippen LogP contribution in [0, 0.1) is 6.92 Å². The molecule has 1 N–H and O–H groups in total. The second kappa shape index (κ2) is 10.2. The Hall–Kier alpha value is -3.85. The SMILES string of the molecule is COc1ccc(Sc2c(O)c3c(=O)n(CCc4ccc(OC)c(OC)c4)c(C)cc3oc2=O)cc1. The number of benzene rings is 2. The molecule has 0 aliphatic heterocycles. The fourth-order valence-electron chi connectivity index (χ4n) is 3.80. The molecule has 0 bridgehead atoms. The molecular formula is C26H25NO7S. The minimum absolute atomic E-state index is 0.0291. The fourth-order valence-corrected chi connectivity index (χ4v) is 4.63. The Morgan fingerprint density at radius 1 is 0.943 bits per heavy atom. The highest BCUT2D eigenvalue weighted by molar-refractivity contribution is 7.99. The number of aromatic hydroxyl groups is 1. The van der Waals surface area contributed by atoms with Crippen LogP contribution in [-0.4, -0.2) is 31.0 Å². The molecule has 9 heteroatoms. The second-order valence-corrected chi connectivity index (χ2v) is 8.85. The molecular weight excluding hydrogens is 470 g/mol. The van der Waals surface area contributed by atoms with Gasteiger partial charge in [0.15, 0.2) is 17.2 Å². The van der Waals surface area contributed by atoms with Crippen LogP contribution in [0.25, 0.3) is 11.0 Å². The number of nitrogens with zero attached hydrogens (tertiary/aromatic N) is 1. The molecule has 0 fully saturated rings. The van der Waals surface area contributed by atoms with E-state index in [9.17, 15) is 14.7 Å². The van der Waals surface area contributed by atoms with Crippen molar-refractivity contribution < 1.29 is 23.7 Å². The highest BCUT2D eigenvalue weighted by Gasteiger charge is 2.20. The lowest BCUT2D eigenvalue weighted by atomic mass is 10.1. The van der Waals surface area contributed by atoms with Gasteiger partial charge in [-0.15, -0.1) is 0 Å². The summed E-state index contributed by atoms with van der Waals surface area (Å²) in [5.41, 5.74) is 0.474. The summed E-state index contributed by atoms with van der Waals surface area (Å²) in [5.74, 6) is 1.50. The number of aromatic nitrogens is 1. The lowest BCUT2D eigenvalue weighted by Gasteiger charge is -2.14. The van der Waals surface area contributed by atoms with Gasteiger partial charge >= 0.3 is 5.63 Å². The molecule has 0 atom stereocenters. The lowest BCUT2D eigenvalue weighted by molar-refractivity contribution is 0.354. The summed E-state index contributed by atoms with van der Waals surface area (Å²) < 4.78 is 22.8. The van der Waals surface area contributed by atoms with E-state index in [1.165, 1.54) is 0 Å². The Balaban J connectivity index is 1.70. The van der Waals surface area contributed by atoms with Crippen molar-refractivity contribution in [3.05, 3.63) is 80.6 Å². The number of aryl methyl sites for hydroxylation is 2. The van der Waals surface area contributed by atoms with E-state index >= 15 is 0 Å². The molecule has 2 aromatic carbocycles. The van der Waals surface area contributed by atoms with E-state index in [2.05, 4.69) is 0 Å². The van der Waals surface area contributed by atoms with Crippen molar-refractivity contribution in [1.29, 1.82) is 0 Å². The van der Waals surface area contributed by atoms with Crippen LogP contribution in [0.4, 0.5) is 0 Å². The average molecular weight is 496 g/mol. The molecule has 8 nitrogen and oxygen atoms in total. The first-order chi connectivity index (χ1) is 16.9. The van der Waals surface area contributed by atoms with Gasteiger partial charge in [0, 0.05) is 23.2 Å². The van der Waals surface area contributed by atoms with E-state index in [4.69, 9.17) is 18.6 Å². The highest BCUT2D eigenvalue weighted by atomic mass is 32.2. The monoisotopic (exact) mass is 495 g/mol. The Labute approximate surface area is 205 Å². The quantitative estimate of drug-likeness (QED) is 0.384. The minimum Gasteiger partial charge on any atom is -0.505 e. The van der Waals surface area contributed by atoms with Gasteiger partial charge in [0.2, 0.25) is 0 Å². The van der Waals surface area contributed by atoms with Crippen LogP contribution >= 0.6 is 11.8 Å². The van der Waals surface area contributed by atoms with Crippen LogP contribution in [0.3, 0.4) is 0 Å². The molecule has 35 heavy (non-hydrogen) atoms. The smallest absolute Gasteiger partial charge is 0.354 e. The van der Waals surface area contributed by atoms with Crippen LogP contribution in [0.5, 0.6) is 23.0 Å². The van der Waals surface area contributed by atoms with Crippen LogP contribution < -0.4 is 25.4 Å². The normalized spacial score (nSPS) is 11.0. The number of rotatable bonds is 8. The van der Waals surface area contributed by atoms with Gasteiger partial charge < -0.3 is 28.3 Å². The molecule has 0 unspecified atom stereocenters. The summed E-state index contributed by atoms with van der Waals surface area (Å²) in [6.07, 6.45) is 0.539. The first-order valence-electron chi connectivity index (χ1n) is 10.8. The Kier molecular flexibility index (Phi) is 7.07. The molecule has 0 saturated carbocycles. The second-order valence-electron chi connectivity index (χ2n) is 7.77. The number of hydrogen-bond donors (Lipinski definition) is 1. The van der Waals surface area contributed by atoms with Crippen molar-refractivity contribution in [2.45, 2.75) is 29.7 Å². The predicted octanol–water partition coefficient (Wildman–Crippen LogP) is 4.39. The van der Waals surface area contributed by atoms with Crippen molar-refractivity contribution in [1.82, 2.24) is 4.57 Å². The standard InChI is InChI=1S/C26H25NO7S/c1-15-13-21-22(23(28)24(26(30)34-21)35-18-8-6-17(31-2)7-9-18)25(29)27(15)12-11-16-5-10-19(32-3)20(14-16)33-4/h5-10,13-14,28H,11-12H2,1-4H3. The van der Waals surface area contributed by atoms with E-state index < -0.39 is 11.2 Å². The van der Waals surface area contributed by atoms with Gasteiger partial charge in [-0.2, -0.15) is 0 Å². The zero-order valence-electron chi connectivity index (χ0n) is 19.8. The topological polar surface area (TPSA) is 100 Å². The maximum absolute atomic E-state index is 13.4. The van der Waals surface area contributed by atoms with Crippen LogP contribution in [0.15, 0.2) is 72.3 Å². The molecule has 0 radical (unpaired) electrons. The van der Waals surface area contributed by atoms with Crippen LogP contribution in [-0.2, 0) is 13.0 Å². The van der Waals surface area contributed by atoms with E-state index in [1.807, 2.05) is 18.2 Å². The number of fused-ring (bicyclic) bond motifs is 1. The summed E-state index contributed by atoms with van der Waals surface area (Å²) in [7, 11) is 4.70. The first-order valence-corrected chi connectivity index (χ1v) is 11.6. The van der Waals surface area contributed by atoms with Crippen molar-refractivity contribution in [3.8, 4) is 23.0 Å². The van der Waals surface area contributed by atoms with Gasteiger partial charge in [-0.25, -0.2) is 4.79 Å². The summed E-state index contributed by atoms with van der Waals surface area (Å²) in [5, 5.41) is 10.9. The predicted molar refractivity (Wildman–Crippen MR) is 134 cm³/mol. The highest BCUT2D eigenvalue weighted by Crippen LogP contribution is 2.36. The summed E-state index contributed by atoms with van der Waals surface area (Å²) in [4.78, 5) is 26.6. The average Bonchev–Trinajstić information content (AvgIpc) is 2.86. The fraction of sp³-hybridized carbons (Fsp3) is 0.231. The molecule has 0 saturated heterocycles. The van der Waals surface area contributed by atoms with Crippen LogP contribution in [0.2, 0.25) is 0 Å². The van der Waals surface area contributed by atoms with Crippen molar-refractivity contribution >= 4 is 22.7 Å². The van der Waals surface area contributed by atoms with Gasteiger partial charge in [-0.05, 0) is 55.3 Å². The van der Waals surface area contributed by atoms with Gasteiger partial charge in [0.05, 0.1) is 21.3 Å². The molecule has 182 valence electrons. The molecule has 0 aliphatic carbocycles. The maximum Gasteiger partial charge on any atom is 0.354 e. The van der Waals surface area contributed by atoms with E-state index in [1.54, 1.807) is 63.2 Å². The van der Waals surface area contributed by atoms with Gasteiger partial charge in [0.25, 0.3) is 5.56 Å². The zero-order valence-corrected chi connectivity index (χ0v) is 20.6. The maximum atomic E-state index is 13.4. The van der Waals surface area contributed by atoms with Crippen molar-refractivity contribution in [2.24, 2.45) is 0 Å². The molecule has 4 rings (SSSR count). The number of ether oxygens (including phenoxy) is 3. The van der Waals surface area contributed by atoms with Crippen LogP contribution in [0.1, 0.15) is 11.3 Å². The third-order valence-electron chi connectivity index (χ3n) is 5.66. The molecule has 0 aliphatic rings. The Morgan fingerprint density at radius 3 is 2.31 bits per heavy atom. The van der Waals surface area contributed by atoms with E-state index in [0.717, 1.165) is 17.3 Å². The number of methoxy groups -OCH3 is 3. The van der Waals surface area contributed by atoms with Gasteiger partial charge in [-0.3, -0.25) is 4.79 Å². The summed E-state index contributed by atoms with van der Waals surface area (Å²) >= 11 is 1.03. The largest absolute Gasteiger partial charge is 0.505 e. The molecule has 0 amide bonds. The molecule has 2 heterocycles. The van der Waals surface area contributed by atoms with Crippen molar-refractivity contribution in [3.63, 3.8) is 0 Å². The van der Waals surface area contributed by atoms with E-state index in [-0.39, 0.29) is 21.6 Å². The zero-order chi connectivity index (χ0) is 25.1. The molecule has 0 spiro atoms. The van der Waals surface area contributed by atoms with Gasteiger partial charge in [-0.1, -0.05) is 17.8 Å². The first kappa shape index (κ1) is 24.3. The van der Waals surface area contributed by atoms with Crippen molar-refractivity contribution in [2.75, 3.05) is 21.3 Å². The molecule has 2 aromatic heterocycles. The van der Waals surface area contributed by atoms with E-state index in [0.29, 0.717) is 40.8 Å². The summed E-state index contributed by atoms with van der Waals surface area (Å²) in [6, 6.07) is 14.2. The molecule has 4 aromatic rings. The number of pyridine rings is 1.